The van der Waals surface area contributed by atoms with E-state index in [1.165, 1.54) is 6.20 Å². The van der Waals surface area contributed by atoms with Gasteiger partial charge < -0.3 is 18.9 Å². The first-order chi connectivity index (χ1) is 19.6. The zero-order valence-electron chi connectivity index (χ0n) is 21.9. The first kappa shape index (κ1) is 27.7. The maximum absolute atomic E-state index is 15.9. The van der Waals surface area contributed by atoms with Crippen LogP contribution in [0.5, 0.6) is 0 Å². The van der Waals surface area contributed by atoms with E-state index in [2.05, 4.69) is 4.98 Å². The van der Waals surface area contributed by atoms with E-state index in [-0.39, 0.29) is 32.0 Å². The molecule has 1 fully saturated rings. The van der Waals surface area contributed by atoms with Gasteiger partial charge in [0, 0.05) is 6.20 Å². The van der Waals surface area contributed by atoms with E-state index in [1.54, 1.807) is 0 Å². The summed E-state index contributed by atoms with van der Waals surface area (Å²) >= 11 is 0. The van der Waals surface area contributed by atoms with Crippen molar-refractivity contribution in [1.29, 1.82) is 0 Å². The minimum atomic E-state index is -1.70. The van der Waals surface area contributed by atoms with Gasteiger partial charge in [-0.05, 0) is 16.7 Å². The monoisotopic (exact) mass is 546 g/mol. The molecule has 0 unspecified atom stereocenters. The van der Waals surface area contributed by atoms with Crippen LogP contribution in [-0.4, -0.2) is 34.5 Å². The number of hydrogen-bond donors (Lipinski definition) is 1. The Balaban J connectivity index is 1.31. The van der Waals surface area contributed by atoms with Gasteiger partial charge in [0.15, 0.2) is 12.4 Å². The van der Waals surface area contributed by atoms with Gasteiger partial charge in [-0.2, -0.15) is 0 Å². The lowest BCUT2D eigenvalue weighted by Crippen LogP contribution is -2.38. The number of H-pyrrole nitrogens is 1. The zero-order valence-corrected chi connectivity index (χ0v) is 21.9. The van der Waals surface area contributed by atoms with Gasteiger partial charge in [-0.15, -0.1) is 0 Å². The topological polar surface area (TPSA) is 91.8 Å². The zero-order chi connectivity index (χ0) is 27.7. The highest BCUT2D eigenvalue weighted by Crippen LogP contribution is 2.34. The molecule has 40 heavy (non-hydrogen) atoms. The second kappa shape index (κ2) is 13.5. The Morgan fingerprint density at radius 2 is 1.30 bits per heavy atom. The van der Waals surface area contributed by atoms with Crippen molar-refractivity contribution >= 4 is 0 Å². The molecule has 0 saturated carbocycles. The number of halogens is 1. The number of aromatic amines is 1. The lowest BCUT2D eigenvalue weighted by Gasteiger charge is -2.20. The lowest BCUT2D eigenvalue weighted by atomic mass is 10.1. The Bertz CT molecular complexity index is 1460. The second-order valence-electron chi connectivity index (χ2n) is 9.57. The average molecular weight is 547 g/mol. The second-order valence-corrected chi connectivity index (χ2v) is 9.57. The summed E-state index contributed by atoms with van der Waals surface area (Å²) in [4.78, 5) is 27.5. The Kier molecular flexibility index (Phi) is 9.30. The predicted octanol–water partition coefficient (Wildman–Crippen LogP) is 4.29. The maximum atomic E-state index is 15.9. The molecule has 1 aliphatic rings. The van der Waals surface area contributed by atoms with Crippen molar-refractivity contribution in [2.75, 3.05) is 6.61 Å². The summed E-state index contributed by atoms with van der Waals surface area (Å²) in [6.45, 7) is 0.745. The molecule has 5 rings (SSSR count). The average Bonchev–Trinajstić information content (AvgIpc) is 3.29. The van der Waals surface area contributed by atoms with Crippen molar-refractivity contribution in [2.24, 2.45) is 0 Å². The van der Waals surface area contributed by atoms with Crippen molar-refractivity contribution in [1.82, 2.24) is 9.55 Å². The van der Waals surface area contributed by atoms with Crippen molar-refractivity contribution in [3.8, 4) is 0 Å². The third-order valence-electron chi connectivity index (χ3n) is 6.63. The molecule has 2 heterocycles. The Hall–Kier alpha value is -3.89. The third kappa shape index (κ3) is 7.00. The molecule has 1 aromatic heterocycles. The van der Waals surface area contributed by atoms with Crippen LogP contribution < -0.4 is 11.2 Å². The number of alkyl halides is 1. The van der Waals surface area contributed by atoms with E-state index in [0.717, 1.165) is 21.3 Å². The summed E-state index contributed by atoms with van der Waals surface area (Å²) < 4.78 is 40.5. The molecule has 1 saturated heterocycles. The molecule has 1 aliphatic heterocycles. The minimum absolute atomic E-state index is 0.0520. The van der Waals surface area contributed by atoms with E-state index in [4.69, 9.17) is 18.9 Å². The molecule has 0 amide bonds. The predicted molar refractivity (Wildman–Crippen MR) is 146 cm³/mol. The van der Waals surface area contributed by atoms with Crippen LogP contribution in [0.15, 0.2) is 107 Å². The Morgan fingerprint density at radius 3 is 1.90 bits per heavy atom. The number of ether oxygens (including phenoxy) is 4. The van der Waals surface area contributed by atoms with Crippen LogP contribution in [0.1, 0.15) is 28.5 Å². The highest BCUT2D eigenvalue weighted by Gasteiger charge is 2.47. The molecule has 8 nitrogen and oxygen atoms in total. The number of rotatable bonds is 12. The number of hydrogen-bond acceptors (Lipinski definition) is 6. The first-order valence-corrected chi connectivity index (χ1v) is 13.1. The molecule has 0 spiro atoms. The van der Waals surface area contributed by atoms with Crippen LogP contribution in [-0.2, 0) is 45.4 Å². The molecule has 0 aliphatic carbocycles. The van der Waals surface area contributed by atoms with Crippen LogP contribution in [0.25, 0.3) is 0 Å². The molecule has 4 atom stereocenters. The molecule has 0 radical (unpaired) electrons. The van der Waals surface area contributed by atoms with Crippen molar-refractivity contribution in [2.45, 2.75) is 51.0 Å². The van der Waals surface area contributed by atoms with Gasteiger partial charge in [-0.1, -0.05) is 91.0 Å². The minimum Gasteiger partial charge on any atom is -0.374 e. The number of nitrogens with one attached hydrogen (secondary N) is 1. The van der Waals surface area contributed by atoms with Gasteiger partial charge >= 0.3 is 5.69 Å². The highest BCUT2D eigenvalue weighted by molar-refractivity contribution is 5.15. The number of aromatic nitrogens is 2. The fraction of sp³-hybridized carbons (Fsp3) is 0.290. The molecule has 208 valence electrons. The highest BCUT2D eigenvalue weighted by atomic mass is 19.1. The number of nitrogens with zero attached hydrogens (tertiary/aromatic N) is 1. The molecule has 9 heteroatoms. The van der Waals surface area contributed by atoms with Crippen LogP contribution in [0, 0.1) is 0 Å². The fourth-order valence-corrected chi connectivity index (χ4v) is 4.56. The lowest BCUT2D eigenvalue weighted by molar-refractivity contribution is -0.0833. The van der Waals surface area contributed by atoms with Gasteiger partial charge in [0.1, 0.15) is 12.2 Å². The van der Waals surface area contributed by atoms with E-state index >= 15 is 4.39 Å². The van der Waals surface area contributed by atoms with Crippen LogP contribution in [0.2, 0.25) is 0 Å². The Morgan fingerprint density at radius 1 is 0.750 bits per heavy atom. The number of benzene rings is 3. The van der Waals surface area contributed by atoms with Crippen LogP contribution in [0.3, 0.4) is 0 Å². The summed E-state index contributed by atoms with van der Waals surface area (Å²) in [6.07, 6.45) is -3.51. The summed E-state index contributed by atoms with van der Waals surface area (Å²) in [5.41, 5.74) is 1.58. The summed E-state index contributed by atoms with van der Waals surface area (Å²) in [7, 11) is 0. The molecule has 0 bridgehead atoms. The molecule has 1 N–H and O–H groups in total. The quantitative estimate of drug-likeness (QED) is 0.285. The molecule has 4 aromatic rings. The maximum Gasteiger partial charge on any atom is 0.330 e. The van der Waals surface area contributed by atoms with Gasteiger partial charge in [-0.25, -0.2) is 9.18 Å². The van der Waals surface area contributed by atoms with Crippen molar-refractivity contribution in [3.05, 3.63) is 140 Å². The van der Waals surface area contributed by atoms with E-state index in [0.29, 0.717) is 6.61 Å². The normalized spacial score (nSPS) is 20.5. The van der Waals surface area contributed by atoms with Gasteiger partial charge in [0.2, 0.25) is 0 Å². The smallest absolute Gasteiger partial charge is 0.330 e. The fourth-order valence-electron chi connectivity index (χ4n) is 4.56. The van der Waals surface area contributed by atoms with E-state index in [9.17, 15) is 9.59 Å². The standard InChI is InChI=1S/C31H31FN2O6/c32-27-28(39-19-24-14-8-3-9-15-24)26(21-38-18-23-12-6-2-7-13-23)40-30(27)34-16-25(29(35)33-31(34)36)20-37-17-22-10-4-1-5-11-22/h1-16,26-28,30H,17-21H2,(H,33,35,36)/t26-,27+,28+,30-/m1/s1. The Labute approximate surface area is 230 Å². The van der Waals surface area contributed by atoms with Crippen molar-refractivity contribution in [3.63, 3.8) is 0 Å². The molecule has 3 aromatic carbocycles. The summed E-state index contributed by atoms with van der Waals surface area (Å²) in [6, 6.07) is 28.5. The molecular weight excluding hydrogens is 515 g/mol. The van der Waals surface area contributed by atoms with Crippen LogP contribution >= 0.6 is 0 Å². The van der Waals surface area contributed by atoms with Crippen LogP contribution in [0.4, 0.5) is 4.39 Å². The van der Waals surface area contributed by atoms with Gasteiger partial charge in [0.25, 0.3) is 5.56 Å². The van der Waals surface area contributed by atoms with Crippen molar-refractivity contribution < 1.29 is 23.3 Å². The largest absolute Gasteiger partial charge is 0.374 e. The van der Waals surface area contributed by atoms with E-state index in [1.807, 2.05) is 91.0 Å². The SMILES string of the molecule is O=c1[nH]c(=O)n([C@@H]2O[C@H](COCc3ccccc3)[C@H](OCc3ccccc3)[C@@H]2F)cc1COCc1ccccc1. The van der Waals surface area contributed by atoms with Gasteiger partial charge in [-0.3, -0.25) is 14.3 Å². The summed E-state index contributed by atoms with van der Waals surface area (Å²) in [5.74, 6) is 0. The van der Waals surface area contributed by atoms with E-state index < -0.39 is 35.9 Å². The first-order valence-electron chi connectivity index (χ1n) is 13.1. The van der Waals surface area contributed by atoms with Gasteiger partial charge in [0.05, 0.1) is 38.6 Å². The molecular formula is C31H31FN2O6. The summed E-state index contributed by atoms with van der Waals surface area (Å²) in [5, 5.41) is 0. The third-order valence-corrected chi connectivity index (χ3v) is 6.63.